The fourth-order valence-electron chi connectivity index (χ4n) is 0.806. The molecule has 0 aromatic carbocycles. The summed E-state index contributed by atoms with van der Waals surface area (Å²) < 4.78 is 0. The maximum Gasteiger partial charge on any atom is 0.163 e. The Labute approximate surface area is 76.8 Å². The summed E-state index contributed by atoms with van der Waals surface area (Å²) in [6, 6.07) is 5.21. The van der Waals surface area contributed by atoms with Gasteiger partial charge in [-0.15, -0.1) is 16.6 Å². The molecule has 64 valence electrons. The zero-order valence-corrected chi connectivity index (χ0v) is 7.23. The van der Waals surface area contributed by atoms with Crippen LogP contribution in [-0.2, 0) is 0 Å². The Hall–Kier alpha value is -2.07. The van der Waals surface area contributed by atoms with E-state index >= 15 is 0 Å². The summed E-state index contributed by atoms with van der Waals surface area (Å²) in [5.41, 5.74) is 0.304. The lowest BCUT2D eigenvalue weighted by atomic mass is 10.4. The van der Waals surface area contributed by atoms with Crippen molar-refractivity contribution in [3.63, 3.8) is 0 Å². The van der Waals surface area contributed by atoms with Crippen LogP contribution < -0.4 is 4.90 Å². The molecule has 0 bridgehead atoms. The Kier molecular flexibility index (Phi) is 2.83. The molecule has 0 saturated carbocycles. The van der Waals surface area contributed by atoms with Gasteiger partial charge in [0.2, 0.25) is 0 Å². The average Bonchev–Trinajstić information content (AvgIpc) is 2.18. The quantitative estimate of drug-likeness (QED) is 0.606. The number of hydrogen-bond donors (Lipinski definition) is 0. The first kappa shape index (κ1) is 9.02. The monoisotopic (exact) mass is 172 g/mol. The second kappa shape index (κ2) is 4.08. The first-order valence-corrected chi connectivity index (χ1v) is 3.66. The van der Waals surface area contributed by atoms with Gasteiger partial charge < -0.3 is 4.90 Å². The van der Waals surface area contributed by atoms with E-state index in [9.17, 15) is 0 Å². The molecule has 4 heteroatoms. The van der Waals surface area contributed by atoms with E-state index in [1.165, 1.54) is 0 Å². The van der Waals surface area contributed by atoms with Gasteiger partial charge in [-0.1, -0.05) is 5.92 Å². The van der Waals surface area contributed by atoms with Gasteiger partial charge in [-0.05, 0) is 12.1 Å². The number of rotatable bonds is 2. The highest BCUT2D eigenvalue weighted by molar-refractivity contribution is 5.39. The largest absolute Gasteiger partial charge is 0.347 e. The minimum absolute atomic E-state index is 0.304. The summed E-state index contributed by atoms with van der Waals surface area (Å²) in [6.45, 7) is 0.473. The number of terminal acetylenes is 1. The first-order chi connectivity index (χ1) is 6.27. The van der Waals surface area contributed by atoms with Crippen LogP contribution in [0.25, 0.3) is 0 Å². The van der Waals surface area contributed by atoms with E-state index in [1.807, 2.05) is 13.1 Å². The molecule has 0 unspecified atom stereocenters. The molecule has 0 N–H and O–H groups in total. The molecule has 0 aliphatic carbocycles. The number of nitriles is 1. The van der Waals surface area contributed by atoms with Crippen molar-refractivity contribution in [2.24, 2.45) is 0 Å². The lowest BCUT2D eigenvalue weighted by molar-refractivity contribution is 0.927. The molecule has 1 aromatic heterocycles. The molecule has 4 nitrogen and oxygen atoms in total. The smallest absolute Gasteiger partial charge is 0.163 e. The Bertz CT molecular complexity index is 355. The van der Waals surface area contributed by atoms with Crippen molar-refractivity contribution >= 4 is 5.82 Å². The van der Waals surface area contributed by atoms with Crippen molar-refractivity contribution in [3.8, 4) is 18.4 Å². The summed E-state index contributed by atoms with van der Waals surface area (Å²) in [7, 11) is 1.82. The predicted molar refractivity (Wildman–Crippen MR) is 48.9 cm³/mol. The number of nitrogens with zero attached hydrogens (tertiary/aromatic N) is 4. The van der Waals surface area contributed by atoms with Crippen LogP contribution in [0.1, 0.15) is 5.69 Å². The Morgan fingerprint density at radius 3 is 2.77 bits per heavy atom. The Morgan fingerprint density at radius 2 is 2.31 bits per heavy atom. The topological polar surface area (TPSA) is 52.8 Å². The second-order valence-electron chi connectivity index (χ2n) is 2.45. The van der Waals surface area contributed by atoms with Crippen molar-refractivity contribution in [1.29, 1.82) is 5.26 Å². The van der Waals surface area contributed by atoms with E-state index in [0.29, 0.717) is 18.1 Å². The zero-order chi connectivity index (χ0) is 9.68. The third kappa shape index (κ3) is 2.18. The van der Waals surface area contributed by atoms with E-state index in [0.717, 1.165) is 0 Å². The van der Waals surface area contributed by atoms with Gasteiger partial charge in [0, 0.05) is 7.05 Å². The maximum atomic E-state index is 8.47. The molecule has 0 saturated heterocycles. The van der Waals surface area contributed by atoms with Gasteiger partial charge in [-0.25, -0.2) is 0 Å². The molecule has 1 heterocycles. The molecule has 13 heavy (non-hydrogen) atoms. The van der Waals surface area contributed by atoms with Gasteiger partial charge in [-0.3, -0.25) is 0 Å². The minimum atomic E-state index is 0.304. The third-order valence-corrected chi connectivity index (χ3v) is 1.48. The van der Waals surface area contributed by atoms with Crippen LogP contribution in [0.2, 0.25) is 0 Å². The van der Waals surface area contributed by atoms with Crippen molar-refractivity contribution < 1.29 is 0 Å². The molecule has 0 radical (unpaired) electrons. The molecule has 0 aliphatic heterocycles. The van der Waals surface area contributed by atoms with Gasteiger partial charge in [0.05, 0.1) is 6.54 Å². The summed E-state index contributed by atoms with van der Waals surface area (Å²) in [6.07, 6.45) is 5.13. The average molecular weight is 172 g/mol. The lowest BCUT2D eigenvalue weighted by Crippen LogP contribution is -2.18. The van der Waals surface area contributed by atoms with Crippen LogP contribution in [0.5, 0.6) is 0 Å². The van der Waals surface area contributed by atoms with Gasteiger partial charge in [0.1, 0.15) is 6.07 Å². The van der Waals surface area contributed by atoms with Crippen molar-refractivity contribution in [2.75, 3.05) is 18.5 Å². The summed E-state index contributed by atoms with van der Waals surface area (Å²) in [4.78, 5) is 1.77. The van der Waals surface area contributed by atoms with Crippen LogP contribution in [-0.4, -0.2) is 23.8 Å². The summed E-state index contributed by atoms with van der Waals surface area (Å²) >= 11 is 0. The highest BCUT2D eigenvalue weighted by atomic mass is 15.2. The highest BCUT2D eigenvalue weighted by Gasteiger charge is 2.00. The zero-order valence-electron chi connectivity index (χ0n) is 7.23. The Balaban J connectivity index is 2.82. The second-order valence-corrected chi connectivity index (χ2v) is 2.45. The fourth-order valence-corrected chi connectivity index (χ4v) is 0.806. The van der Waals surface area contributed by atoms with Gasteiger partial charge in [0.15, 0.2) is 11.5 Å². The normalized spacial score (nSPS) is 8.54. The SMILES string of the molecule is C#CCN(C)c1ccc(C#N)nn1. The molecule has 0 fully saturated rings. The van der Waals surface area contributed by atoms with E-state index < -0.39 is 0 Å². The minimum Gasteiger partial charge on any atom is -0.347 e. The van der Waals surface area contributed by atoms with E-state index in [4.69, 9.17) is 11.7 Å². The summed E-state index contributed by atoms with van der Waals surface area (Å²) in [5.74, 6) is 3.15. The molecule has 1 rings (SSSR count). The predicted octanol–water partition coefficient (Wildman–Crippen LogP) is 0.418. The standard InChI is InChI=1S/C9H8N4/c1-3-6-13(2)9-5-4-8(7-10)11-12-9/h1,4-5H,6H2,2H3. The van der Waals surface area contributed by atoms with Gasteiger partial charge in [-0.2, -0.15) is 5.26 Å². The number of hydrogen-bond acceptors (Lipinski definition) is 4. The first-order valence-electron chi connectivity index (χ1n) is 3.66. The lowest BCUT2D eigenvalue weighted by Gasteiger charge is -2.12. The fraction of sp³-hybridized carbons (Fsp3) is 0.222. The van der Waals surface area contributed by atoms with Crippen molar-refractivity contribution in [1.82, 2.24) is 10.2 Å². The number of aromatic nitrogens is 2. The molecule has 1 aromatic rings. The molecular weight excluding hydrogens is 164 g/mol. The Morgan fingerprint density at radius 1 is 1.54 bits per heavy atom. The molecular formula is C9H8N4. The third-order valence-electron chi connectivity index (χ3n) is 1.48. The molecule has 0 amide bonds. The van der Waals surface area contributed by atoms with E-state index in [2.05, 4.69) is 16.1 Å². The summed E-state index contributed by atoms with van der Waals surface area (Å²) in [5, 5.41) is 16.0. The molecule has 0 spiro atoms. The van der Waals surface area contributed by atoms with Crippen LogP contribution in [0.3, 0.4) is 0 Å². The van der Waals surface area contributed by atoms with Gasteiger partial charge in [0.25, 0.3) is 0 Å². The van der Waals surface area contributed by atoms with Crippen LogP contribution in [0.15, 0.2) is 12.1 Å². The molecule has 0 atom stereocenters. The van der Waals surface area contributed by atoms with Gasteiger partial charge >= 0.3 is 0 Å². The van der Waals surface area contributed by atoms with E-state index in [1.54, 1.807) is 17.0 Å². The van der Waals surface area contributed by atoms with Crippen LogP contribution in [0, 0.1) is 23.7 Å². The highest BCUT2D eigenvalue weighted by Crippen LogP contribution is 2.05. The van der Waals surface area contributed by atoms with Crippen molar-refractivity contribution in [3.05, 3.63) is 17.8 Å². The maximum absolute atomic E-state index is 8.47. The number of anilines is 1. The van der Waals surface area contributed by atoms with E-state index in [-0.39, 0.29) is 0 Å². The van der Waals surface area contributed by atoms with Crippen LogP contribution >= 0.6 is 0 Å². The van der Waals surface area contributed by atoms with Crippen molar-refractivity contribution in [2.45, 2.75) is 0 Å². The van der Waals surface area contributed by atoms with Crippen LogP contribution in [0.4, 0.5) is 5.82 Å². The molecule has 0 aliphatic rings.